The Balaban J connectivity index is 1.71. The molecule has 21 heavy (non-hydrogen) atoms. The van der Waals surface area contributed by atoms with Crippen LogP contribution in [0.25, 0.3) is 0 Å². The first-order valence-electron chi connectivity index (χ1n) is 7.32. The van der Waals surface area contributed by atoms with Crippen LogP contribution < -0.4 is 14.8 Å². The molecule has 1 atom stereocenters. The molecule has 3 nitrogen and oxygen atoms in total. The predicted molar refractivity (Wildman–Crippen MR) is 83.7 cm³/mol. The van der Waals surface area contributed by atoms with Gasteiger partial charge in [0.15, 0.2) is 11.5 Å². The normalized spacial score (nSPS) is 14.2. The van der Waals surface area contributed by atoms with Crippen LogP contribution in [0.3, 0.4) is 0 Å². The van der Waals surface area contributed by atoms with Crippen LogP contribution in [0.4, 0.5) is 0 Å². The van der Waals surface area contributed by atoms with E-state index in [4.69, 9.17) is 9.47 Å². The van der Waals surface area contributed by atoms with Crippen molar-refractivity contribution in [3.63, 3.8) is 0 Å². The molecule has 1 heterocycles. The van der Waals surface area contributed by atoms with E-state index in [0.29, 0.717) is 12.8 Å². The van der Waals surface area contributed by atoms with Gasteiger partial charge in [-0.25, -0.2) is 0 Å². The Bertz CT molecular complexity index is 631. The second-order valence-electron chi connectivity index (χ2n) is 5.67. The summed E-state index contributed by atoms with van der Waals surface area (Å²) >= 11 is 0. The standard InChI is InChI=1S/C18H21NO2/c1-12-7-13(2)9-16(8-12)14(3)19-10-15-5-4-6-17-18(15)21-11-20-17/h4-9,14,19H,10-11H2,1-3H3. The van der Waals surface area contributed by atoms with Gasteiger partial charge in [0.25, 0.3) is 0 Å². The number of ether oxygens (including phenoxy) is 2. The third kappa shape index (κ3) is 3.03. The van der Waals surface area contributed by atoms with Gasteiger partial charge in [0.05, 0.1) is 0 Å². The Morgan fingerprint density at radius 2 is 1.86 bits per heavy atom. The first-order chi connectivity index (χ1) is 10.1. The second kappa shape index (κ2) is 5.78. The number of benzene rings is 2. The molecule has 0 fully saturated rings. The lowest BCUT2D eigenvalue weighted by atomic mass is 10.0. The lowest BCUT2D eigenvalue weighted by Gasteiger charge is -2.16. The van der Waals surface area contributed by atoms with E-state index in [2.05, 4.69) is 50.4 Å². The molecule has 2 aromatic carbocycles. The second-order valence-corrected chi connectivity index (χ2v) is 5.67. The maximum Gasteiger partial charge on any atom is 0.231 e. The van der Waals surface area contributed by atoms with Crippen molar-refractivity contribution in [3.05, 3.63) is 58.7 Å². The largest absolute Gasteiger partial charge is 0.454 e. The molecule has 0 saturated heterocycles. The molecule has 1 aliphatic heterocycles. The Morgan fingerprint density at radius 3 is 2.62 bits per heavy atom. The van der Waals surface area contributed by atoms with E-state index in [1.165, 1.54) is 16.7 Å². The van der Waals surface area contributed by atoms with Crippen LogP contribution in [0.2, 0.25) is 0 Å². The fraction of sp³-hybridized carbons (Fsp3) is 0.333. The van der Waals surface area contributed by atoms with E-state index < -0.39 is 0 Å². The van der Waals surface area contributed by atoms with Crippen molar-refractivity contribution in [1.29, 1.82) is 0 Å². The first kappa shape index (κ1) is 14.0. The lowest BCUT2D eigenvalue weighted by molar-refractivity contribution is 0.173. The molecule has 3 heteroatoms. The van der Waals surface area contributed by atoms with Crippen molar-refractivity contribution in [1.82, 2.24) is 5.32 Å². The zero-order chi connectivity index (χ0) is 14.8. The molecule has 0 spiro atoms. The molecule has 1 N–H and O–H groups in total. The fourth-order valence-corrected chi connectivity index (χ4v) is 2.77. The molecular weight excluding hydrogens is 262 g/mol. The predicted octanol–water partition coefficient (Wildman–Crippen LogP) is 3.88. The van der Waals surface area contributed by atoms with Crippen LogP contribution in [0.15, 0.2) is 36.4 Å². The van der Waals surface area contributed by atoms with Crippen molar-refractivity contribution < 1.29 is 9.47 Å². The Labute approximate surface area is 125 Å². The molecule has 110 valence electrons. The maximum absolute atomic E-state index is 5.54. The first-order valence-corrected chi connectivity index (χ1v) is 7.32. The van der Waals surface area contributed by atoms with Crippen LogP contribution in [0, 0.1) is 13.8 Å². The van der Waals surface area contributed by atoms with E-state index >= 15 is 0 Å². The smallest absolute Gasteiger partial charge is 0.231 e. The van der Waals surface area contributed by atoms with Gasteiger partial charge in [-0.3, -0.25) is 0 Å². The highest BCUT2D eigenvalue weighted by Gasteiger charge is 2.17. The van der Waals surface area contributed by atoms with Crippen molar-refractivity contribution >= 4 is 0 Å². The summed E-state index contributed by atoms with van der Waals surface area (Å²) in [5.74, 6) is 1.71. The van der Waals surface area contributed by atoms with Crippen LogP contribution in [0.1, 0.15) is 35.2 Å². The lowest BCUT2D eigenvalue weighted by Crippen LogP contribution is -2.18. The average molecular weight is 283 g/mol. The minimum atomic E-state index is 0.293. The summed E-state index contributed by atoms with van der Waals surface area (Å²) in [5, 5.41) is 3.56. The summed E-state index contributed by atoms with van der Waals surface area (Å²) in [5.41, 5.74) is 5.06. The molecule has 0 bridgehead atoms. The summed E-state index contributed by atoms with van der Waals surface area (Å²) in [4.78, 5) is 0. The molecule has 0 amide bonds. The number of hydrogen-bond donors (Lipinski definition) is 1. The van der Waals surface area contributed by atoms with Gasteiger partial charge in [0.2, 0.25) is 6.79 Å². The molecule has 2 aromatic rings. The van der Waals surface area contributed by atoms with Crippen LogP contribution in [0.5, 0.6) is 11.5 Å². The number of para-hydroxylation sites is 1. The van der Waals surface area contributed by atoms with Crippen LogP contribution in [-0.2, 0) is 6.54 Å². The van der Waals surface area contributed by atoms with Gasteiger partial charge >= 0.3 is 0 Å². The van der Waals surface area contributed by atoms with Gasteiger partial charge in [0.1, 0.15) is 0 Å². The van der Waals surface area contributed by atoms with E-state index in [9.17, 15) is 0 Å². The minimum Gasteiger partial charge on any atom is -0.454 e. The quantitative estimate of drug-likeness (QED) is 0.923. The zero-order valence-corrected chi connectivity index (χ0v) is 12.8. The molecule has 0 aliphatic carbocycles. The third-order valence-electron chi connectivity index (χ3n) is 3.82. The average Bonchev–Trinajstić information content (AvgIpc) is 2.92. The van der Waals surface area contributed by atoms with E-state index in [1.807, 2.05) is 12.1 Å². The molecular formula is C18H21NO2. The highest BCUT2D eigenvalue weighted by atomic mass is 16.7. The zero-order valence-electron chi connectivity index (χ0n) is 12.8. The topological polar surface area (TPSA) is 30.5 Å². The van der Waals surface area contributed by atoms with Crippen molar-refractivity contribution in [2.24, 2.45) is 0 Å². The summed E-state index contributed by atoms with van der Waals surface area (Å²) < 4.78 is 11.0. The number of aryl methyl sites for hydroxylation is 2. The van der Waals surface area contributed by atoms with E-state index in [1.54, 1.807) is 0 Å². The SMILES string of the molecule is Cc1cc(C)cc(C(C)NCc2cccc3c2OCO3)c1. The summed E-state index contributed by atoms with van der Waals surface area (Å²) in [6.07, 6.45) is 0. The Morgan fingerprint density at radius 1 is 1.10 bits per heavy atom. The van der Waals surface area contributed by atoms with Crippen molar-refractivity contribution in [2.75, 3.05) is 6.79 Å². The molecule has 1 aliphatic rings. The van der Waals surface area contributed by atoms with Gasteiger partial charge in [-0.2, -0.15) is 0 Å². The van der Waals surface area contributed by atoms with Crippen LogP contribution in [-0.4, -0.2) is 6.79 Å². The highest BCUT2D eigenvalue weighted by molar-refractivity contribution is 5.48. The molecule has 0 radical (unpaired) electrons. The van der Waals surface area contributed by atoms with Gasteiger partial charge in [-0.05, 0) is 32.4 Å². The van der Waals surface area contributed by atoms with Crippen LogP contribution >= 0.6 is 0 Å². The maximum atomic E-state index is 5.54. The molecule has 0 saturated carbocycles. The van der Waals surface area contributed by atoms with E-state index in [0.717, 1.165) is 23.6 Å². The summed E-state index contributed by atoms with van der Waals surface area (Å²) in [6, 6.07) is 13.0. The number of rotatable bonds is 4. The number of fused-ring (bicyclic) bond motifs is 1. The van der Waals surface area contributed by atoms with Gasteiger partial charge < -0.3 is 14.8 Å². The monoisotopic (exact) mass is 283 g/mol. The van der Waals surface area contributed by atoms with Gasteiger partial charge in [0, 0.05) is 18.2 Å². The number of hydrogen-bond acceptors (Lipinski definition) is 3. The van der Waals surface area contributed by atoms with Gasteiger partial charge in [-0.15, -0.1) is 0 Å². The Kier molecular flexibility index (Phi) is 3.84. The van der Waals surface area contributed by atoms with E-state index in [-0.39, 0.29) is 0 Å². The third-order valence-corrected chi connectivity index (χ3v) is 3.82. The summed E-state index contributed by atoms with van der Waals surface area (Å²) in [6.45, 7) is 7.55. The molecule has 3 rings (SSSR count). The fourth-order valence-electron chi connectivity index (χ4n) is 2.77. The molecule has 1 unspecified atom stereocenters. The van der Waals surface area contributed by atoms with Crippen molar-refractivity contribution in [2.45, 2.75) is 33.4 Å². The Hall–Kier alpha value is -2.00. The minimum absolute atomic E-state index is 0.293. The van der Waals surface area contributed by atoms with Gasteiger partial charge in [-0.1, -0.05) is 41.5 Å². The molecule has 0 aromatic heterocycles. The number of nitrogens with one attached hydrogen (secondary N) is 1. The highest BCUT2D eigenvalue weighted by Crippen LogP contribution is 2.35. The summed E-state index contributed by atoms with van der Waals surface area (Å²) in [7, 11) is 0. The van der Waals surface area contributed by atoms with Crippen molar-refractivity contribution in [3.8, 4) is 11.5 Å².